The smallest absolute Gasteiger partial charge is 0.311 e. The van der Waals surface area contributed by atoms with Crippen molar-refractivity contribution in [3.05, 3.63) is 69.3 Å². The van der Waals surface area contributed by atoms with Crippen molar-refractivity contribution in [2.75, 3.05) is 32.8 Å². The van der Waals surface area contributed by atoms with E-state index in [1.165, 1.54) is 23.8 Å². The lowest BCUT2D eigenvalue weighted by Gasteiger charge is -2.35. The highest BCUT2D eigenvalue weighted by Gasteiger charge is 2.27. The molecule has 0 atom stereocenters. The molecule has 3 rings (SSSR count). The Morgan fingerprint density at radius 3 is 1.97 bits per heavy atom. The summed E-state index contributed by atoms with van der Waals surface area (Å²) >= 11 is 0. The molecule has 2 aromatic carbocycles. The van der Waals surface area contributed by atoms with Gasteiger partial charge in [0.2, 0.25) is 0 Å². The lowest BCUT2D eigenvalue weighted by molar-refractivity contribution is -0.385. The van der Waals surface area contributed by atoms with Gasteiger partial charge in [0.15, 0.2) is 5.75 Å². The molecule has 0 N–H and O–H groups in total. The monoisotopic (exact) mass is 411 g/mol. The van der Waals surface area contributed by atoms with E-state index in [0.29, 0.717) is 38.3 Å². The summed E-state index contributed by atoms with van der Waals surface area (Å²) in [6.45, 7) is 5.68. The average molecular weight is 411 g/mol. The van der Waals surface area contributed by atoms with Crippen molar-refractivity contribution in [3.63, 3.8) is 0 Å². The minimum absolute atomic E-state index is 0.0542. The summed E-state index contributed by atoms with van der Waals surface area (Å²) in [7, 11) is 0. The number of nitro groups is 1. The minimum atomic E-state index is -0.553. The second kappa shape index (κ2) is 9.39. The predicted molar refractivity (Wildman–Crippen MR) is 112 cm³/mol. The molecule has 0 saturated carbocycles. The van der Waals surface area contributed by atoms with Gasteiger partial charge in [-0.15, -0.1) is 0 Å². The van der Waals surface area contributed by atoms with Crippen molar-refractivity contribution >= 4 is 17.5 Å². The summed E-state index contributed by atoms with van der Waals surface area (Å²) < 4.78 is 5.26. The van der Waals surface area contributed by atoms with Crippen molar-refractivity contribution < 1.29 is 19.2 Å². The Morgan fingerprint density at radius 1 is 0.933 bits per heavy atom. The number of nitro benzene ring substituents is 1. The molecule has 30 heavy (non-hydrogen) atoms. The Labute approximate surface area is 175 Å². The fourth-order valence-electron chi connectivity index (χ4n) is 3.43. The summed E-state index contributed by atoms with van der Waals surface area (Å²) in [5.74, 6) is -0.203. The molecule has 1 heterocycles. The van der Waals surface area contributed by atoms with Gasteiger partial charge >= 0.3 is 5.69 Å². The number of hydrogen-bond donors (Lipinski definition) is 0. The van der Waals surface area contributed by atoms with Crippen LogP contribution in [0.15, 0.2) is 42.5 Å². The fourth-order valence-corrected chi connectivity index (χ4v) is 3.43. The number of hydrogen-bond acceptors (Lipinski definition) is 5. The molecule has 1 fully saturated rings. The molecule has 8 heteroatoms. The van der Waals surface area contributed by atoms with Crippen molar-refractivity contribution in [1.29, 1.82) is 0 Å². The van der Waals surface area contributed by atoms with Crippen LogP contribution in [-0.4, -0.2) is 59.3 Å². The van der Waals surface area contributed by atoms with E-state index in [1.54, 1.807) is 16.7 Å². The van der Waals surface area contributed by atoms with Crippen molar-refractivity contribution in [3.8, 4) is 5.75 Å². The Hall–Kier alpha value is -3.42. The number of carbonyl (C=O) groups is 2. The number of rotatable bonds is 6. The highest BCUT2D eigenvalue weighted by molar-refractivity contribution is 5.96. The fraction of sp³-hybridized carbons (Fsp3) is 0.364. The van der Waals surface area contributed by atoms with E-state index in [0.717, 1.165) is 6.42 Å². The molecular formula is C22H25N3O5. The number of ether oxygens (including phenoxy) is 1. The molecule has 1 aliphatic heterocycles. The van der Waals surface area contributed by atoms with Gasteiger partial charge in [0, 0.05) is 43.4 Å². The number of benzene rings is 2. The molecular weight excluding hydrogens is 386 g/mol. The maximum Gasteiger partial charge on any atom is 0.311 e. The van der Waals surface area contributed by atoms with Gasteiger partial charge in [0.1, 0.15) is 0 Å². The average Bonchev–Trinajstić information content (AvgIpc) is 2.78. The molecule has 158 valence electrons. The largest absolute Gasteiger partial charge is 0.487 e. The van der Waals surface area contributed by atoms with Crippen LogP contribution in [0.2, 0.25) is 0 Å². The van der Waals surface area contributed by atoms with E-state index >= 15 is 0 Å². The van der Waals surface area contributed by atoms with Gasteiger partial charge < -0.3 is 14.5 Å². The summed E-state index contributed by atoms with van der Waals surface area (Å²) in [6.07, 6.45) is 0.916. The SMILES string of the molecule is CCOc1ccc(C(=O)N2CCN(C(=O)c3ccc(CC)cc3)CC2)cc1[N+](=O)[O-]. The number of aryl methyl sites for hydroxylation is 1. The first-order valence-electron chi connectivity index (χ1n) is 10.0. The lowest BCUT2D eigenvalue weighted by Crippen LogP contribution is -2.50. The number of amides is 2. The number of nitrogens with zero attached hydrogens (tertiary/aromatic N) is 3. The van der Waals surface area contributed by atoms with E-state index in [-0.39, 0.29) is 28.8 Å². The molecule has 0 spiro atoms. The minimum Gasteiger partial charge on any atom is -0.487 e. The third-order valence-corrected chi connectivity index (χ3v) is 5.17. The Balaban J connectivity index is 1.65. The third kappa shape index (κ3) is 4.59. The van der Waals surface area contributed by atoms with E-state index in [9.17, 15) is 19.7 Å². The number of piperazine rings is 1. The van der Waals surface area contributed by atoms with E-state index in [4.69, 9.17) is 4.74 Å². The quantitative estimate of drug-likeness (QED) is 0.538. The van der Waals surface area contributed by atoms with Gasteiger partial charge in [-0.25, -0.2) is 0 Å². The van der Waals surface area contributed by atoms with Gasteiger partial charge in [-0.2, -0.15) is 0 Å². The Bertz CT molecular complexity index is 934. The zero-order valence-electron chi connectivity index (χ0n) is 17.2. The van der Waals surface area contributed by atoms with Gasteiger partial charge in [-0.3, -0.25) is 19.7 Å². The number of carbonyl (C=O) groups excluding carboxylic acids is 2. The molecule has 0 radical (unpaired) electrons. The maximum atomic E-state index is 12.8. The zero-order valence-corrected chi connectivity index (χ0v) is 17.2. The normalized spacial score (nSPS) is 13.8. The van der Waals surface area contributed by atoms with Crippen LogP contribution in [-0.2, 0) is 6.42 Å². The van der Waals surface area contributed by atoms with Crippen molar-refractivity contribution in [2.45, 2.75) is 20.3 Å². The van der Waals surface area contributed by atoms with Crippen molar-refractivity contribution in [1.82, 2.24) is 9.80 Å². The molecule has 0 aliphatic carbocycles. The second-order valence-corrected chi connectivity index (χ2v) is 7.01. The van der Waals surface area contributed by atoms with Gasteiger partial charge in [0.05, 0.1) is 11.5 Å². The summed E-state index contributed by atoms with van der Waals surface area (Å²) in [5.41, 5.74) is 1.81. The molecule has 1 saturated heterocycles. The summed E-state index contributed by atoms with van der Waals surface area (Å²) in [5, 5.41) is 11.3. The first-order chi connectivity index (χ1) is 14.4. The first kappa shape index (κ1) is 21.3. The highest BCUT2D eigenvalue weighted by Crippen LogP contribution is 2.28. The van der Waals surface area contributed by atoms with Gasteiger partial charge in [0.25, 0.3) is 11.8 Å². The van der Waals surface area contributed by atoms with Crippen LogP contribution in [0.5, 0.6) is 5.75 Å². The summed E-state index contributed by atoms with van der Waals surface area (Å²) in [4.78, 5) is 39.6. The van der Waals surface area contributed by atoms with E-state index < -0.39 is 4.92 Å². The first-order valence-corrected chi connectivity index (χ1v) is 10.0. The Morgan fingerprint density at radius 2 is 1.47 bits per heavy atom. The molecule has 0 aromatic heterocycles. The van der Waals surface area contributed by atoms with Crippen LogP contribution in [0, 0.1) is 10.1 Å². The van der Waals surface area contributed by atoms with E-state index in [1.807, 2.05) is 24.3 Å². The van der Waals surface area contributed by atoms with Gasteiger partial charge in [-0.1, -0.05) is 19.1 Å². The molecule has 1 aliphatic rings. The topological polar surface area (TPSA) is 93.0 Å². The van der Waals surface area contributed by atoms with Crippen LogP contribution in [0.3, 0.4) is 0 Å². The lowest BCUT2D eigenvalue weighted by atomic mass is 10.1. The highest BCUT2D eigenvalue weighted by atomic mass is 16.6. The molecule has 2 aromatic rings. The van der Waals surface area contributed by atoms with Crippen LogP contribution >= 0.6 is 0 Å². The van der Waals surface area contributed by atoms with E-state index in [2.05, 4.69) is 6.92 Å². The predicted octanol–water partition coefficient (Wildman–Crippen LogP) is 3.15. The third-order valence-electron chi connectivity index (χ3n) is 5.17. The molecule has 8 nitrogen and oxygen atoms in total. The van der Waals surface area contributed by atoms with Crippen LogP contribution < -0.4 is 4.74 Å². The second-order valence-electron chi connectivity index (χ2n) is 7.01. The zero-order chi connectivity index (χ0) is 21.7. The van der Waals surface area contributed by atoms with Crippen molar-refractivity contribution in [2.24, 2.45) is 0 Å². The summed E-state index contributed by atoms with van der Waals surface area (Å²) in [6, 6.07) is 11.8. The molecule has 0 bridgehead atoms. The Kier molecular flexibility index (Phi) is 6.66. The molecule has 2 amide bonds. The maximum absolute atomic E-state index is 12.8. The molecule has 0 unspecified atom stereocenters. The van der Waals surface area contributed by atoms with Crippen LogP contribution in [0.4, 0.5) is 5.69 Å². The van der Waals surface area contributed by atoms with Crippen LogP contribution in [0.1, 0.15) is 40.1 Å². The van der Waals surface area contributed by atoms with Gasteiger partial charge in [-0.05, 0) is 43.2 Å². The van der Waals surface area contributed by atoms with Crippen LogP contribution in [0.25, 0.3) is 0 Å². The standard InChI is InChI=1S/C22H25N3O5/c1-3-16-5-7-17(8-6-16)21(26)23-11-13-24(14-12-23)22(27)18-9-10-20(30-4-2)19(15-18)25(28)29/h5-10,15H,3-4,11-14H2,1-2H3.